The number of thioether (sulfide) groups is 1. The minimum absolute atomic E-state index is 0.587. The van der Waals surface area contributed by atoms with Gasteiger partial charge in [0.1, 0.15) is 11.3 Å². The van der Waals surface area contributed by atoms with E-state index in [1.807, 2.05) is 24.0 Å². The molecule has 0 aliphatic heterocycles. The molecule has 0 aliphatic rings. The van der Waals surface area contributed by atoms with Crippen molar-refractivity contribution >= 4 is 50.5 Å². The van der Waals surface area contributed by atoms with Crippen molar-refractivity contribution in [2.75, 3.05) is 17.9 Å². The number of fused-ring (bicyclic) bond motifs is 1. The Bertz CT molecular complexity index is 515. The lowest BCUT2D eigenvalue weighted by molar-refractivity contribution is 0.728. The lowest BCUT2D eigenvalue weighted by Gasteiger charge is -2.06. The highest BCUT2D eigenvalue weighted by molar-refractivity contribution is 9.10. The van der Waals surface area contributed by atoms with Gasteiger partial charge in [0.15, 0.2) is 5.65 Å². The average molecular weight is 335 g/mol. The van der Waals surface area contributed by atoms with Crippen LogP contribution in [0.25, 0.3) is 11.2 Å². The summed E-state index contributed by atoms with van der Waals surface area (Å²) >= 11 is 11.0. The Morgan fingerprint density at radius 1 is 1.53 bits per heavy atom. The number of hydrogen-bond donors (Lipinski definition) is 0. The summed E-state index contributed by atoms with van der Waals surface area (Å²) in [6.45, 7) is 0.929. The van der Waals surface area contributed by atoms with Crippen molar-refractivity contribution in [2.45, 2.75) is 13.0 Å². The van der Waals surface area contributed by atoms with Crippen LogP contribution < -0.4 is 0 Å². The van der Waals surface area contributed by atoms with Crippen molar-refractivity contribution in [1.29, 1.82) is 0 Å². The quantitative estimate of drug-likeness (QED) is 0.786. The molecule has 2 aromatic heterocycles. The van der Waals surface area contributed by atoms with Crippen molar-refractivity contribution in [3.63, 3.8) is 0 Å². The Labute approximate surface area is 118 Å². The van der Waals surface area contributed by atoms with Gasteiger partial charge in [-0.25, -0.2) is 9.97 Å². The van der Waals surface area contributed by atoms with Gasteiger partial charge in [0.05, 0.1) is 0 Å². The zero-order valence-electron chi connectivity index (χ0n) is 9.49. The Hall–Kier alpha value is -0.260. The van der Waals surface area contributed by atoms with Gasteiger partial charge >= 0.3 is 0 Å². The van der Waals surface area contributed by atoms with Gasteiger partial charge in [-0.05, 0) is 28.3 Å². The molecule has 0 atom stereocenters. The van der Waals surface area contributed by atoms with Crippen LogP contribution in [0.5, 0.6) is 0 Å². The van der Waals surface area contributed by atoms with E-state index in [0.717, 1.165) is 40.2 Å². The van der Waals surface area contributed by atoms with Crippen molar-refractivity contribution in [1.82, 2.24) is 14.5 Å². The first kappa shape index (κ1) is 13.2. The summed E-state index contributed by atoms with van der Waals surface area (Å²) in [6.07, 6.45) is 4.69. The maximum atomic E-state index is 5.81. The molecule has 0 saturated carbocycles. The number of alkyl halides is 1. The van der Waals surface area contributed by atoms with Crippen LogP contribution >= 0.6 is 39.3 Å². The molecule has 6 heteroatoms. The average Bonchev–Trinajstić information content (AvgIpc) is 2.63. The number of imidazole rings is 1. The van der Waals surface area contributed by atoms with Crippen LogP contribution in [0.2, 0.25) is 0 Å². The van der Waals surface area contributed by atoms with Gasteiger partial charge in [-0.1, -0.05) is 0 Å². The number of aromatic nitrogens is 3. The van der Waals surface area contributed by atoms with Crippen molar-refractivity contribution < 1.29 is 0 Å². The second kappa shape index (κ2) is 6.07. The topological polar surface area (TPSA) is 30.7 Å². The third kappa shape index (κ3) is 2.95. The van der Waals surface area contributed by atoms with Crippen LogP contribution in [0.15, 0.2) is 16.7 Å². The summed E-state index contributed by atoms with van der Waals surface area (Å²) in [5, 5.41) is 0. The Morgan fingerprint density at radius 2 is 2.35 bits per heavy atom. The second-order valence-electron chi connectivity index (χ2n) is 3.61. The highest BCUT2D eigenvalue weighted by Gasteiger charge is 2.11. The summed E-state index contributed by atoms with van der Waals surface area (Å²) in [5.74, 6) is 2.66. The van der Waals surface area contributed by atoms with Gasteiger partial charge in [-0.15, -0.1) is 11.6 Å². The summed E-state index contributed by atoms with van der Waals surface area (Å²) in [7, 11) is 0. The normalized spacial score (nSPS) is 11.2. The SMILES string of the molecule is CSCCn1c(CCCl)nc2cc(Br)cnc21. The first-order valence-electron chi connectivity index (χ1n) is 5.32. The predicted octanol–water partition coefficient (Wildman–Crippen LogP) is 3.34. The molecule has 3 nitrogen and oxygen atoms in total. The number of rotatable bonds is 5. The zero-order chi connectivity index (χ0) is 12.3. The van der Waals surface area contributed by atoms with Crippen molar-refractivity contribution in [2.24, 2.45) is 0 Å². The van der Waals surface area contributed by atoms with E-state index in [9.17, 15) is 0 Å². The second-order valence-corrected chi connectivity index (χ2v) is 5.89. The first-order valence-corrected chi connectivity index (χ1v) is 8.04. The molecule has 0 spiro atoms. The Kier molecular flexibility index (Phi) is 4.70. The predicted molar refractivity (Wildman–Crippen MR) is 78.0 cm³/mol. The molecule has 2 rings (SSSR count). The van der Waals surface area contributed by atoms with E-state index >= 15 is 0 Å². The lowest BCUT2D eigenvalue weighted by Crippen LogP contribution is -2.07. The van der Waals surface area contributed by atoms with Crippen LogP contribution in [-0.4, -0.2) is 32.4 Å². The number of aryl methyl sites for hydroxylation is 2. The third-order valence-corrected chi connectivity index (χ3v) is 3.68. The minimum atomic E-state index is 0.587. The molecular formula is C11H13BrClN3S. The lowest BCUT2D eigenvalue weighted by atomic mass is 10.4. The molecular weight excluding hydrogens is 322 g/mol. The number of hydrogen-bond acceptors (Lipinski definition) is 3. The van der Waals surface area contributed by atoms with E-state index in [1.165, 1.54) is 0 Å². The van der Waals surface area contributed by atoms with Crippen LogP contribution in [-0.2, 0) is 13.0 Å². The Morgan fingerprint density at radius 3 is 3.06 bits per heavy atom. The summed E-state index contributed by atoms with van der Waals surface area (Å²) in [6, 6.07) is 2.00. The minimum Gasteiger partial charge on any atom is -0.312 e. The van der Waals surface area contributed by atoms with Crippen molar-refractivity contribution in [3.05, 3.63) is 22.6 Å². The molecule has 0 aliphatic carbocycles. The highest BCUT2D eigenvalue weighted by Crippen LogP contribution is 2.19. The monoisotopic (exact) mass is 333 g/mol. The third-order valence-electron chi connectivity index (χ3n) is 2.47. The fourth-order valence-corrected chi connectivity index (χ4v) is 2.58. The molecule has 2 heterocycles. The molecule has 0 N–H and O–H groups in total. The fourth-order valence-electron chi connectivity index (χ4n) is 1.73. The molecule has 0 aromatic carbocycles. The van der Waals surface area contributed by atoms with Gasteiger partial charge < -0.3 is 4.57 Å². The number of nitrogens with zero attached hydrogens (tertiary/aromatic N) is 3. The van der Waals surface area contributed by atoms with Crippen molar-refractivity contribution in [3.8, 4) is 0 Å². The van der Waals surface area contributed by atoms with Crippen LogP contribution in [0, 0.1) is 0 Å². The maximum absolute atomic E-state index is 5.81. The molecule has 92 valence electrons. The van der Waals surface area contributed by atoms with Gasteiger partial charge in [-0.2, -0.15) is 11.8 Å². The van der Waals surface area contributed by atoms with Gasteiger partial charge in [0.25, 0.3) is 0 Å². The zero-order valence-corrected chi connectivity index (χ0v) is 12.6. The Balaban J connectivity index is 2.46. The van der Waals surface area contributed by atoms with E-state index in [1.54, 1.807) is 0 Å². The smallest absolute Gasteiger partial charge is 0.160 e. The molecule has 17 heavy (non-hydrogen) atoms. The van der Waals surface area contributed by atoms with Gasteiger partial charge in [0, 0.05) is 35.3 Å². The summed E-state index contributed by atoms with van der Waals surface area (Å²) < 4.78 is 3.12. The maximum Gasteiger partial charge on any atom is 0.160 e. The van der Waals surface area contributed by atoms with E-state index in [4.69, 9.17) is 11.6 Å². The molecule has 0 bridgehead atoms. The molecule has 0 unspecified atom stereocenters. The molecule has 0 fully saturated rings. The van der Waals surface area contributed by atoms with E-state index in [0.29, 0.717) is 5.88 Å². The van der Waals surface area contributed by atoms with Crippen LogP contribution in [0.4, 0.5) is 0 Å². The highest BCUT2D eigenvalue weighted by atomic mass is 79.9. The van der Waals surface area contributed by atoms with E-state index in [-0.39, 0.29) is 0 Å². The van der Waals surface area contributed by atoms with Crippen LogP contribution in [0.1, 0.15) is 5.82 Å². The van der Waals surface area contributed by atoms with Gasteiger partial charge in [-0.3, -0.25) is 0 Å². The molecule has 2 aromatic rings. The van der Waals surface area contributed by atoms with E-state index < -0.39 is 0 Å². The van der Waals surface area contributed by atoms with Gasteiger partial charge in [0.2, 0.25) is 0 Å². The summed E-state index contributed by atoms with van der Waals surface area (Å²) in [5.41, 5.74) is 1.88. The summed E-state index contributed by atoms with van der Waals surface area (Å²) in [4.78, 5) is 9.03. The number of halogens is 2. The fraction of sp³-hybridized carbons (Fsp3) is 0.455. The largest absolute Gasteiger partial charge is 0.312 e. The first-order chi connectivity index (χ1) is 8.26. The van der Waals surface area contributed by atoms with E-state index in [2.05, 4.69) is 36.7 Å². The van der Waals surface area contributed by atoms with Crippen LogP contribution in [0.3, 0.4) is 0 Å². The standard InChI is InChI=1S/C11H13BrClN3S/c1-17-5-4-16-10(2-3-13)15-9-6-8(12)7-14-11(9)16/h6-7H,2-5H2,1H3. The number of pyridine rings is 1. The molecule has 0 radical (unpaired) electrons. The molecule has 0 amide bonds. The molecule has 0 saturated heterocycles.